The molecule has 0 heterocycles. The highest BCUT2D eigenvalue weighted by atomic mass is 16.6. The van der Waals surface area contributed by atoms with Crippen LogP contribution in [0.15, 0.2) is 12.1 Å². The molecule has 0 aliphatic carbocycles. The van der Waals surface area contributed by atoms with Crippen molar-refractivity contribution in [3.63, 3.8) is 0 Å². The first kappa shape index (κ1) is 12.7. The predicted octanol–water partition coefficient (Wildman–Crippen LogP) is 1.98. The van der Waals surface area contributed by atoms with Crippen LogP contribution in [0.5, 0.6) is 0 Å². The Morgan fingerprint density at radius 2 is 1.65 bits per heavy atom. The fourth-order valence-corrected chi connectivity index (χ4v) is 1.41. The van der Waals surface area contributed by atoms with Gasteiger partial charge in [0.15, 0.2) is 0 Å². The molecular formula is C9H12N4O4. The van der Waals surface area contributed by atoms with Crippen molar-refractivity contribution in [3.8, 4) is 0 Å². The molecule has 0 aromatic heterocycles. The number of benzene rings is 1. The topological polar surface area (TPSA) is 110 Å². The van der Waals surface area contributed by atoms with E-state index in [1.54, 1.807) is 6.92 Å². The van der Waals surface area contributed by atoms with Crippen LogP contribution in [0.3, 0.4) is 0 Å². The average Bonchev–Trinajstić information content (AvgIpc) is 2.28. The van der Waals surface area contributed by atoms with Crippen molar-refractivity contribution in [2.24, 2.45) is 0 Å². The van der Waals surface area contributed by atoms with Gasteiger partial charge in [-0.1, -0.05) is 0 Å². The van der Waals surface area contributed by atoms with Gasteiger partial charge in [0, 0.05) is 13.6 Å². The number of hydrogen-bond acceptors (Lipinski definition) is 6. The Bertz CT molecular complexity index is 461. The first-order valence-corrected chi connectivity index (χ1v) is 4.89. The van der Waals surface area contributed by atoms with E-state index in [1.165, 1.54) is 13.1 Å². The zero-order valence-corrected chi connectivity index (χ0v) is 9.39. The van der Waals surface area contributed by atoms with Gasteiger partial charge in [-0.3, -0.25) is 20.2 Å². The predicted molar refractivity (Wildman–Crippen MR) is 63.5 cm³/mol. The summed E-state index contributed by atoms with van der Waals surface area (Å²) < 4.78 is 0. The van der Waals surface area contributed by atoms with E-state index >= 15 is 0 Å². The van der Waals surface area contributed by atoms with Crippen molar-refractivity contribution in [2.45, 2.75) is 6.92 Å². The van der Waals surface area contributed by atoms with Crippen molar-refractivity contribution < 1.29 is 9.85 Å². The maximum absolute atomic E-state index is 10.8. The molecule has 0 radical (unpaired) electrons. The highest BCUT2D eigenvalue weighted by molar-refractivity contribution is 5.76. The standard InChI is InChI=1S/C9H12N4O4/c1-3-11-7-4-6(10-2)8(12(14)15)5-9(7)13(16)17/h4-5,10-11H,3H2,1-2H3. The van der Waals surface area contributed by atoms with Gasteiger partial charge in [-0.2, -0.15) is 0 Å². The van der Waals surface area contributed by atoms with Crippen LogP contribution in [0.25, 0.3) is 0 Å². The minimum atomic E-state index is -0.658. The van der Waals surface area contributed by atoms with E-state index in [1.807, 2.05) is 0 Å². The van der Waals surface area contributed by atoms with Gasteiger partial charge < -0.3 is 10.6 Å². The summed E-state index contributed by atoms with van der Waals surface area (Å²) in [6.07, 6.45) is 0. The van der Waals surface area contributed by atoms with E-state index in [0.717, 1.165) is 6.07 Å². The molecule has 0 atom stereocenters. The summed E-state index contributed by atoms with van der Waals surface area (Å²) in [4.78, 5) is 20.2. The van der Waals surface area contributed by atoms with Gasteiger partial charge in [-0.05, 0) is 13.0 Å². The molecule has 2 N–H and O–H groups in total. The maximum Gasteiger partial charge on any atom is 0.299 e. The third kappa shape index (κ3) is 2.60. The Balaban J connectivity index is 3.41. The van der Waals surface area contributed by atoms with Crippen LogP contribution in [-0.4, -0.2) is 23.4 Å². The third-order valence-electron chi connectivity index (χ3n) is 2.14. The van der Waals surface area contributed by atoms with Crippen LogP contribution in [-0.2, 0) is 0 Å². The van der Waals surface area contributed by atoms with Gasteiger partial charge >= 0.3 is 0 Å². The quantitative estimate of drug-likeness (QED) is 0.601. The van der Waals surface area contributed by atoms with Crippen molar-refractivity contribution in [3.05, 3.63) is 32.4 Å². The van der Waals surface area contributed by atoms with Gasteiger partial charge in [-0.15, -0.1) is 0 Å². The van der Waals surface area contributed by atoms with Crippen LogP contribution < -0.4 is 10.6 Å². The van der Waals surface area contributed by atoms with Crippen LogP contribution in [0, 0.1) is 20.2 Å². The van der Waals surface area contributed by atoms with Crippen LogP contribution in [0.2, 0.25) is 0 Å². The fourth-order valence-electron chi connectivity index (χ4n) is 1.41. The number of nitro groups is 2. The summed E-state index contributed by atoms with van der Waals surface area (Å²) in [6.45, 7) is 2.27. The lowest BCUT2D eigenvalue weighted by molar-refractivity contribution is -0.393. The summed E-state index contributed by atoms with van der Waals surface area (Å²) in [5.74, 6) is 0. The molecule has 0 spiro atoms. The number of hydrogen-bond donors (Lipinski definition) is 2. The molecule has 1 aromatic carbocycles. The monoisotopic (exact) mass is 240 g/mol. The molecule has 0 saturated carbocycles. The van der Waals surface area contributed by atoms with Gasteiger partial charge in [0.2, 0.25) is 0 Å². The zero-order valence-electron chi connectivity index (χ0n) is 9.39. The zero-order chi connectivity index (χ0) is 13.0. The molecule has 0 aliphatic heterocycles. The highest BCUT2D eigenvalue weighted by Crippen LogP contribution is 2.35. The first-order valence-electron chi connectivity index (χ1n) is 4.89. The molecule has 0 saturated heterocycles. The molecule has 1 aromatic rings. The first-order chi connectivity index (χ1) is 8.01. The SMILES string of the molecule is CCNc1cc(NC)c([N+](=O)[O-])cc1[N+](=O)[O-]. The van der Waals surface area contributed by atoms with Gasteiger partial charge in [0.25, 0.3) is 11.4 Å². The average molecular weight is 240 g/mol. The molecule has 1 rings (SSSR count). The Kier molecular flexibility index (Phi) is 3.81. The highest BCUT2D eigenvalue weighted by Gasteiger charge is 2.23. The smallest absolute Gasteiger partial charge is 0.299 e. The Labute approximate surface area is 96.9 Å². The van der Waals surface area contributed by atoms with Crippen molar-refractivity contribution >= 4 is 22.7 Å². The molecule has 0 unspecified atom stereocenters. The molecule has 0 amide bonds. The lowest BCUT2D eigenvalue weighted by Crippen LogP contribution is -2.04. The lowest BCUT2D eigenvalue weighted by atomic mass is 10.2. The summed E-state index contributed by atoms with van der Waals surface area (Å²) >= 11 is 0. The second-order valence-electron chi connectivity index (χ2n) is 3.18. The van der Waals surface area contributed by atoms with E-state index < -0.39 is 9.85 Å². The van der Waals surface area contributed by atoms with Crippen LogP contribution in [0.4, 0.5) is 22.7 Å². The molecule has 8 heteroatoms. The summed E-state index contributed by atoms with van der Waals surface area (Å²) in [6, 6.07) is 2.31. The summed E-state index contributed by atoms with van der Waals surface area (Å²) in [5.41, 5.74) is -0.137. The van der Waals surface area contributed by atoms with Crippen molar-refractivity contribution in [2.75, 3.05) is 24.2 Å². The lowest BCUT2D eigenvalue weighted by Gasteiger charge is -2.07. The number of nitro benzene ring substituents is 2. The summed E-state index contributed by atoms with van der Waals surface area (Å²) in [5, 5.41) is 27.0. The molecule has 0 fully saturated rings. The maximum atomic E-state index is 10.8. The number of nitrogens with zero attached hydrogens (tertiary/aromatic N) is 2. The third-order valence-corrected chi connectivity index (χ3v) is 2.14. The largest absolute Gasteiger partial charge is 0.382 e. The normalized spacial score (nSPS) is 9.76. The van der Waals surface area contributed by atoms with Crippen LogP contribution in [0.1, 0.15) is 6.92 Å². The Morgan fingerprint density at radius 1 is 1.12 bits per heavy atom. The Hall–Kier alpha value is -2.38. The fraction of sp³-hybridized carbons (Fsp3) is 0.333. The minimum absolute atomic E-state index is 0.233. The molecule has 8 nitrogen and oxygen atoms in total. The van der Waals surface area contributed by atoms with E-state index in [2.05, 4.69) is 10.6 Å². The summed E-state index contributed by atoms with van der Waals surface area (Å²) in [7, 11) is 1.52. The second-order valence-corrected chi connectivity index (χ2v) is 3.18. The van der Waals surface area contributed by atoms with E-state index in [0.29, 0.717) is 6.54 Å². The molecule has 0 aliphatic rings. The van der Waals surface area contributed by atoms with Gasteiger partial charge in [-0.25, -0.2) is 0 Å². The van der Waals surface area contributed by atoms with E-state index in [4.69, 9.17) is 0 Å². The molecule has 17 heavy (non-hydrogen) atoms. The molecular weight excluding hydrogens is 228 g/mol. The number of rotatable bonds is 5. The molecule has 0 bridgehead atoms. The minimum Gasteiger partial charge on any atom is -0.382 e. The van der Waals surface area contributed by atoms with Crippen LogP contribution >= 0.6 is 0 Å². The second kappa shape index (κ2) is 5.10. The van der Waals surface area contributed by atoms with Gasteiger partial charge in [0.05, 0.1) is 15.9 Å². The Morgan fingerprint density at radius 3 is 2.06 bits per heavy atom. The molecule has 92 valence electrons. The van der Waals surface area contributed by atoms with E-state index in [9.17, 15) is 20.2 Å². The van der Waals surface area contributed by atoms with E-state index in [-0.39, 0.29) is 22.7 Å². The van der Waals surface area contributed by atoms with Crippen molar-refractivity contribution in [1.82, 2.24) is 0 Å². The van der Waals surface area contributed by atoms with Crippen molar-refractivity contribution in [1.29, 1.82) is 0 Å². The number of nitrogens with one attached hydrogen (secondary N) is 2. The van der Waals surface area contributed by atoms with Gasteiger partial charge in [0.1, 0.15) is 11.4 Å². The number of anilines is 2.